The highest BCUT2D eigenvalue weighted by Gasteiger charge is 2.10. The van der Waals surface area contributed by atoms with Crippen LogP contribution in [0.1, 0.15) is 13.3 Å². The van der Waals surface area contributed by atoms with Crippen LogP contribution >= 0.6 is 0 Å². The van der Waals surface area contributed by atoms with Crippen molar-refractivity contribution >= 4 is 10.2 Å². The van der Waals surface area contributed by atoms with Crippen molar-refractivity contribution in [2.75, 3.05) is 33.4 Å². The molecular weight excluding hydrogens is 218 g/mol. The fourth-order valence-corrected chi connectivity index (χ4v) is 1.93. The molecule has 0 aliphatic carbocycles. The summed E-state index contributed by atoms with van der Waals surface area (Å²) in [5.41, 5.74) is 5.36. The Hall–Kier alpha value is -0.210. The number of nitrogens with two attached hydrogens (primary N) is 1. The van der Waals surface area contributed by atoms with E-state index in [1.54, 1.807) is 0 Å². The Balaban J connectivity index is 3.73. The van der Waals surface area contributed by atoms with Gasteiger partial charge in [0.25, 0.3) is 10.2 Å². The van der Waals surface area contributed by atoms with E-state index in [2.05, 4.69) is 9.44 Å². The molecule has 7 heteroatoms. The lowest BCUT2D eigenvalue weighted by atomic mass is 10.1. The second-order valence-electron chi connectivity index (χ2n) is 3.42. The normalized spacial score (nSPS) is 14.1. The van der Waals surface area contributed by atoms with Crippen molar-refractivity contribution in [1.82, 2.24) is 9.44 Å². The first-order valence-corrected chi connectivity index (χ1v) is 6.43. The molecule has 0 fully saturated rings. The second-order valence-corrected chi connectivity index (χ2v) is 5.01. The summed E-state index contributed by atoms with van der Waals surface area (Å²) in [4.78, 5) is 0. The van der Waals surface area contributed by atoms with Gasteiger partial charge in [0.05, 0.1) is 6.61 Å². The second kappa shape index (κ2) is 8.00. The molecular formula is C8H21N3O3S. The third-order valence-electron chi connectivity index (χ3n) is 1.88. The lowest BCUT2D eigenvalue weighted by Crippen LogP contribution is -2.40. The Kier molecular flexibility index (Phi) is 7.89. The van der Waals surface area contributed by atoms with Crippen LogP contribution in [-0.4, -0.2) is 41.8 Å². The molecule has 0 heterocycles. The van der Waals surface area contributed by atoms with Crippen molar-refractivity contribution in [3.05, 3.63) is 0 Å². The topological polar surface area (TPSA) is 93.4 Å². The average molecular weight is 239 g/mol. The number of nitrogens with one attached hydrogen (secondary N) is 2. The molecule has 0 bridgehead atoms. The van der Waals surface area contributed by atoms with E-state index < -0.39 is 10.2 Å². The van der Waals surface area contributed by atoms with Crippen LogP contribution in [0.15, 0.2) is 0 Å². The maximum absolute atomic E-state index is 11.3. The summed E-state index contributed by atoms with van der Waals surface area (Å²) < 4.78 is 32.2. The third kappa shape index (κ3) is 8.76. The quantitative estimate of drug-likeness (QED) is 0.452. The minimum atomic E-state index is -3.39. The minimum absolute atomic E-state index is 0.244. The first-order valence-electron chi connectivity index (χ1n) is 4.95. The minimum Gasteiger partial charge on any atom is -0.383 e. The summed E-state index contributed by atoms with van der Waals surface area (Å²) in [5.74, 6) is 0.244. The Bertz CT molecular complexity index is 244. The number of ether oxygens (including phenoxy) is 1. The van der Waals surface area contributed by atoms with Crippen molar-refractivity contribution in [2.45, 2.75) is 13.3 Å². The molecule has 0 saturated carbocycles. The molecule has 0 radical (unpaired) electrons. The molecule has 4 N–H and O–H groups in total. The third-order valence-corrected chi connectivity index (χ3v) is 3.01. The van der Waals surface area contributed by atoms with E-state index in [4.69, 9.17) is 10.5 Å². The fourth-order valence-electron chi connectivity index (χ4n) is 0.968. The van der Waals surface area contributed by atoms with E-state index in [1.807, 2.05) is 6.92 Å². The molecule has 92 valence electrons. The maximum atomic E-state index is 11.3. The van der Waals surface area contributed by atoms with Gasteiger partial charge in [0.1, 0.15) is 0 Å². The van der Waals surface area contributed by atoms with Gasteiger partial charge >= 0.3 is 0 Å². The van der Waals surface area contributed by atoms with Crippen molar-refractivity contribution in [3.8, 4) is 0 Å². The smallest absolute Gasteiger partial charge is 0.276 e. The van der Waals surface area contributed by atoms with Gasteiger partial charge in [0, 0.05) is 20.2 Å². The molecule has 0 aromatic rings. The molecule has 0 spiro atoms. The zero-order valence-electron chi connectivity index (χ0n) is 9.32. The van der Waals surface area contributed by atoms with Crippen LogP contribution in [0.3, 0.4) is 0 Å². The Morgan fingerprint density at radius 3 is 2.60 bits per heavy atom. The molecule has 1 atom stereocenters. The van der Waals surface area contributed by atoms with Crippen LogP contribution in [0.5, 0.6) is 0 Å². The summed E-state index contributed by atoms with van der Waals surface area (Å²) in [7, 11) is -1.87. The van der Waals surface area contributed by atoms with Crippen LogP contribution in [0.25, 0.3) is 0 Å². The average Bonchev–Trinajstić information content (AvgIpc) is 2.16. The summed E-state index contributed by atoms with van der Waals surface area (Å²) in [6, 6.07) is 0. The van der Waals surface area contributed by atoms with E-state index >= 15 is 0 Å². The maximum Gasteiger partial charge on any atom is 0.276 e. The number of methoxy groups -OCH3 is 1. The Morgan fingerprint density at radius 2 is 2.07 bits per heavy atom. The highest BCUT2D eigenvalue weighted by atomic mass is 32.2. The van der Waals surface area contributed by atoms with Crippen LogP contribution < -0.4 is 15.2 Å². The summed E-state index contributed by atoms with van der Waals surface area (Å²) in [5, 5.41) is 0. The summed E-state index contributed by atoms with van der Waals surface area (Å²) in [6.07, 6.45) is 0.806. The van der Waals surface area contributed by atoms with Gasteiger partial charge in [-0.3, -0.25) is 0 Å². The standard InChI is InChI=1S/C8H21N3O3S/c1-8(3-4-9)7-11-15(12,13)10-5-6-14-2/h8,10-11H,3-7,9H2,1-2H3. The Labute approximate surface area is 91.7 Å². The van der Waals surface area contributed by atoms with Crippen LogP contribution in [0.4, 0.5) is 0 Å². The van der Waals surface area contributed by atoms with Gasteiger partial charge in [0.2, 0.25) is 0 Å². The van der Waals surface area contributed by atoms with Crippen LogP contribution in [-0.2, 0) is 14.9 Å². The van der Waals surface area contributed by atoms with Crippen molar-refractivity contribution in [3.63, 3.8) is 0 Å². The molecule has 6 nitrogen and oxygen atoms in total. The molecule has 0 rings (SSSR count). The predicted octanol–water partition coefficient (Wildman–Crippen LogP) is -0.958. The van der Waals surface area contributed by atoms with E-state index in [-0.39, 0.29) is 12.5 Å². The zero-order chi connectivity index (χ0) is 11.7. The largest absolute Gasteiger partial charge is 0.383 e. The van der Waals surface area contributed by atoms with E-state index in [0.29, 0.717) is 19.7 Å². The first-order chi connectivity index (χ1) is 7.02. The van der Waals surface area contributed by atoms with Crippen molar-refractivity contribution in [1.29, 1.82) is 0 Å². The molecule has 0 aromatic carbocycles. The lowest BCUT2D eigenvalue weighted by molar-refractivity contribution is 0.204. The fraction of sp³-hybridized carbons (Fsp3) is 1.00. The van der Waals surface area contributed by atoms with Gasteiger partial charge in [-0.2, -0.15) is 13.1 Å². The van der Waals surface area contributed by atoms with Gasteiger partial charge in [-0.05, 0) is 18.9 Å². The molecule has 0 amide bonds. The monoisotopic (exact) mass is 239 g/mol. The van der Waals surface area contributed by atoms with Crippen LogP contribution in [0, 0.1) is 5.92 Å². The Morgan fingerprint density at radius 1 is 1.40 bits per heavy atom. The van der Waals surface area contributed by atoms with E-state index in [1.165, 1.54) is 7.11 Å². The van der Waals surface area contributed by atoms with Gasteiger partial charge in [-0.25, -0.2) is 4.72 Å². The van der Waals surface area contributed by atoms with E-state index in [0.717, 1.165) is 6.42 Å². The van der Waals surface area contributed by atoms with Gasteiger partial charge in [-0.15, -0.1) is 0 Å². The molecule has 0 aromatic heterocycles. The number of hydrogen-bond donors (Lipinski definition) is 3. The molecule has 0 saturated heterocycles. The number of rotatable bonds is 9. The summed E-state index contributed by atoms with van der Waals surface area (Å²) >= 11 is 0. The van der Waals surface area contributed by atoms with Gasteiger partial charge in [0.15, 0.2) is 0 Å². The predicted molar refractivity (Wildman–Crippen MR) is 59.6 cm³/mol. The van der Waals surface area contributed by atoms with Crippen LogP contribution in [0.2, 0.25) is 0 Å². The van der Waals surface area contributed by atoms with Crippen molar-refractivity contribution in [2.24, 2.45) is 11.7 Å². The van der Waals surface area contributed by atoms with Gasteiger partial charge < -0.3 is 10.5 Å². The SMILES string of the molecule is COCCNS(=O)(=O)NCC(C)CCN. The zero-order valence-corrected chi connectivity index (χ0v) is 10.1. The molecule has 0 aliphatic rings. The first kappa shape index (κ1) is 14.8. The highest BCUT2D eigenvalue weighted by Crippen LogP contribution is 1.97. The lowest BCUT2D eigenvalue weighted by Gasteiger charge is -2.12. The van der Waals surface area contributed by atoms with Crippen molar-refractivity contribution < 1.29 is 13.2 Å². The molecule has 15 heavy (non-hydrogen) atoms. The molecule has 0 aliphatic heterocycles. The summed E-state index contributed by atoms with van der Waals surface area (Å²) in [6.45, 7) is 3.56. The van der Waals surface area contributed by atoms with E-state index in [9.17, 15) is 8.42 Å². The highest BCUT2D eigenvalue weighted by molar-refractivity contribution is 7.87. The number of hydrogen-bond acceptors (Lipinski definition) is 4. The molecule has 1 unspecified atom stereocenters. The van der Waals surface area contributed by atoms with Gasteiger partial charge in [-0.1, -0.05) is 6.92 Å².